The van der Waals surface area contributed by atoms with E-state index in [0.717, 1.165) is 18.1 Å². The van der Waals surface area contributed by atoms with E-state index in [1.54, 1.807) is 6.92 Å². The first-order chi connectivity index (χ1) is 7.85. The second-order valence-corrected chi connectivity index (χ2v) is 6.95. The maximum absolute atomic E-state index is 12.0. The smallest absolute Gasteiger partial charge is 0.184 e. The number of nitrogens with zero attached hydrogens (tertiary/aromatic N) is 2. The monoisotopic (exact) mass is 277 g/mol. The van der Waals surface area contributed by atoms with Crippen molar-refractivity contribution in [2.75, 3.05) is 22.9 Å². The van der Waals surface area contributed by atoms with Gasteiger partial charge in [-0.3, -0.25) is 0 Å². The fourth-order valence-corrected chi connectivity index (χ4v) is 4.14. The van der Waals surface area contributed by atoms with Crippen molar-refractivity contribution in [1.82, 2.24) is 4.37 Å². The van der Waals surface area contributed by atoms with Gasteiger partial charge in [-0.05, 0) is 32.3 Å². The number of hydrogen-bond donors (Lipinski definition) is 1. The Morgan fingerprint density at radius 3 is 2.41 bits per heavy atom. The number of aromatic nitrogens is 1. The third-order valence-electron chi connectivity index (χ3n) is 2.57. The van der Waals surface area contributed by atoms with E-state index in [-0.39, 0.29) is 22.5 Å². The maximum atomic E-state index is 12.0. The van der Waals surface area contributed by atoms with Crippen LogP contribution in [0.25, 0.3) is 0 Å². The lowest BCUT2D eigenvalue weighted by atomic mass is 10.3. The highest BCUT2D eigenvalue weighted by Gasteiger charge is 2.27. The lowest BCUT2D eigenvalue weighted by Gasteiger charge is -2.26. The Morgan fingerprint density at radius 2 is 2.00 bits per heavy atom. The van der Waals surface area contributed by atoms with Crippen LogP contribution in [-0.2, 0) is 9.84 Å². The lowest BCUT2D eigenvalue weighted by molar-refractivity contribution is 0.597. The summed E-state index contributed by atoms with van der Waals surface area (Å²) in [5.41, 5.74) is 5.69. The van der Waals surface area contributed by atoms with Crippen LogP contribution in [0, 0.1) is 0 Å². The van der Waals surface area contributed by atoms with Gasteiger partial charge in [0.25, 0.3) is 0 Å². The van der Waals surface area contributed by atoms with E-state index < -0.39 is 9.84 Å². The second kappa shape index (κ2) is 5.22. The van der Waals surface area contributed by atoms with Crippen LogP contribution in [0.15, 0.2) is 4.90 Å². The van der Waals surface area contributed by atoms with Crippen LogP contribution in [0.5, 0.6) is 0 Å². The molecule has 1 aromatic rings. The molecule has 0 unspecified atom stereocenters. The molecule has 0 spiro atoms. The topological polar surface area (TPSA) is 76.3 Å². The van der Waals surface area contributed by atoms with Crippen LogP contribution < -0.4 is 10.6 Å². The molecule has 0 aliphatic heterocycles. The van der Waals surface area contributed by atoms with Gasteiger partial charge in [-0.1, -0.05) is 6.92 Å². The summed E-state index contributed by atoms with van der Waals surface area (Å²) < 4.78 is 28.0. The Morgan fingerprint density at radius 1 is 1.41 bits per heavy atom. The van der Waals surface area contributed by atoms with Gasteiger partial charge in [-0.25, -0.2) is 8.42 Å². The molecule has 0 atom stereocenters. The Labute approximate surface area is 107 Å². The second-order valence-electron chi connectivity index (χ2n) is 3.99. The first kappa shape index (κ1) is 14.2. The SMILES string of the molecule is CCN(c1snc(N)c1S(=O)(=O)CC)C(C)C. The van der Waals surface area contributed by atoms with Crippen LogP contribution in [0.2, 0.25) is 0 Å². The van der Waals surface area contributed by atoms with E-state index in [0.29, 0.717) is 5.00 Å². The maximum Gasteiger partial charge on any atom is 0.184 e. The fraction of sp³-hybridized carbons (Fsp3) is 0.700. The van der Waals surface area contributed by atoms with Gasteiger partial charge >= 0.3 is 0 Å². The number of anilines is 2. The fourth-order valence-electron chi connectivity index (χ4n) is 1.65. The molecule has 0 aliphatic carbocycles. The molecule has 98 valence electrons. The quantitative estimate of drug-likeness (QED) is 0.887. The predicted molar refractivity (Wildman–Crippen MR) is 72.4 cm³/mol. The van der Waals surface area contributed by atoms with Gasteiger partial charge in [-0.2, -0.15) is 4.37 Å². The van der Waals surface area contributed by atoms with Gasteiger partial charge in [-0.15, -0.1) is 0 Å². The normalized spacial score (nSPS) is 12.1. The predicted octanol–water partition coefficient (Wildman–Crippen LogP) is 1.75. The minimum absolute atomic E-state index is 0.0399. The molecule has 1 heterocycles. The Hall–Kier alpha value is -0.820. The van der Waals surface area contributed by atoms with Gasteiger partial charge in [0.1, 0.15) is 9.90 Å². The molecule has 0 fully saturated rings. The number of nitrogen functional groups attached to an aromatic ring is 1. The molecule has 2 N–H and O–H groups in total. The Balaban J connectivity index is 3.37. The summed E-state index contributed by atoms with van der Waals surface area (Å²) in [7, 11) is -3.32. The van der Waals surface area contributed by atoms with E-state index in [9.17, 15) is 8.42 Å². The number of hydrogen-bond acceptors (Lipinski definition) is 6. The standard InChI is InChI=1S/C10H19N3O2S2/c1-5-13(7(3)4)10-8(9(11)12-16-10)17(14,15)6-2/h7H,5-6H2,1-4H3,(H2,11,12). The number of sulfone groups is 1. The summed E-state index contributed by atoms with van der Waals surface area (Å²) in [6.07, 6.45) is 0. The zero-order valence-corrected chi connectivity index (χ0v) is 12.2. The first-order valence-electron chi connectivity index (χ1n) is 5.59. The van der Waals surface area contributed by atoms with Gasteiger partial charge in [0.05, 0.1) is 5.75 Å². The van der Waals surface area contributed by atoms with Crippen molar-refractivity contribution in [2.45, 2.75) is 38.6 Å². The molecule has 1 rings (SSSR count). The minimum Gasteiger partial charge on any atom is -0.382 e. The third-order valence-corrected chi connectivity index (χ3v) is 5.39. The van der Waals surface area contributed by atoms with Crippen molar-refractivity contribution >= 4 is 32.2 Å². The van der Waals surface area contributed by atoms with Crippen LogP contribution in [-0.4, -0.2) is 31.1 Å². The van der Waals surface area contributed by atoms with Crippen molar-refractivity contribution in [2.24, 2.45) is 0 Å². The first-order valence-corrected chi connectivity index (χ1v) is 8.02. The summed E-state index contributed by atoms with van der Waals surface area (Å²) in [4.78, 5) is 2.19. The van der Waals surface area contributed by atoms with Crippen LogP contribution in [0.4, 0.5) is 10.8 Å². The van der Waals surface area contributed by atoms with Gasteiger partial charge < -0.3 is 10.6 Å². The molecule has 17 heavy (non-hydrogen) atoms. The summed E-state index contributed by atoms with van der Waals surface area (Å²) in [5, 5.41) is 0.654. The minimum atomic E-state index is -3.32. The van der Waals surface area contributed by atoms with E-state index in [1.165, 1.54) is 0 Å². The summed E-state index contributed by atoms with van der Waals surface area (Å²) >= 11 is 1.15. The zero-order valence-electron chi connectivity index (χ0n) is 10.6. The molecular formula is C10H19N3O2S2. The molecule has 0 bridgehead atoms. The lowest BCUT2D eigenvalue weighted by Crippen LogP contribution is -2.30. The molecule has 0 saturated heterocycles. The molecule has 0 aromatic carbocycles. The van der Waals surface area contributed by atoms with E-state index in [1.807, 2.05) is 25.7 Å². The molecule has 0 amide bonds. The summed E-state index contributed by atoms with van der Waals surface area (Å²) in [5.74, 6) is 0.157. The van der Waals surface area contributed by atoms with Gasteiger partial charge in [0.15, 0.2) is 15.7 Å². The van der Waals surface area contributed by atoms with E-state index in [4.69, 9.17) is 5.73 Å². The molecule has 0 saturated carbocycles. The van der Waals surface area contributed by atoms with Crippen LogP contribution in [0.1, 0.15) is 27.7 Å². The van der Waals surface area contributed by atoms with Crippen molar-refractivity contribution in [3.8, 4) is 0 Å². The summed E-state index contributed by atoms with van der Waals surface area (Å²) in [6.45, 7) is 8.36. The van der Waals surface area contributed by atoms with Crippen molar-refractivity contribution in [3.63, 3.8) is 0 Å². The van der Waals surface area contributed by atoms with Crippen molar-refractivity contribution in [1.29, 1.82) is 0 Å². The molecular weight excluding hydrogens is 258 g/mol. The highest BCUT2D eigenvalue weighted by atomic mass is 32.2. The number of rotatable bonds is 5. The highest BCUT2D eigenvalue weighted by Crippen LogP contribution is 2.36. The molecule has 5 nitrogen and oxygen atoms in total. The Kier molecular flexibility index (Phi) is 4.37. The van der Waals surface area contributed by atoms with Gasteiger partial charge in [0.2, 0.25) is 0 Å². The van der Waals surface area contributed by atoms with Gasteiger partial charge in [0, 0.05) is 12.6 Å². The average Bonchev–Trinajstić information content (AvgIpc) is 2.61. The zero-order chi connectivity index (χ0) is 13.2. The molecule has 7 heteroatoms. The highest BCUT2D eigenvalue weighted by molar-refractivity contribution is 7.91. The van der Waals surface area contributed by atoms with E-state index >= 15 is 0 Å². The summed E-state index contributed by atoms with van der Waals surface area (Å²) in [6, 6.07) is 0.214. The third kappa shape index (κ3) is 2.71. The Bertz CT molecular complexity index is 480. The molecule has 0 radical (unpaired) electrons. The average molecular weight is 277 g/mol. The molecule has 1 aromatic heterocycles. The van der Waals surface area contributed by atoms with Crippen molar-refractivity contribution in [3.05, 3.63) is 0 Å². The number of nitrogens with two attached hydrogens (primary N) is 1. The van der Waals surface area contributed by atoms with E-state index in [2.05, 4.69) is 4.37 Å². The largest absolute Gasteiger partial charge is 0.382 e. The van der Waals surface area contributed by atoms with Crippen molar-refractivity contribution < 1.29 is 8.42 Å². The van der Waals surface area contributed by atoms with Crippen LogP contribution in [0.3, 0.4) is 0 Å². The molecule has 0 aliphatic rings. The van der Waals surface area contributed by atoms with Crippen LogP contribution >= 0.6 is 11.5 Å².